The van der Waals surface area contributed by atoms with E-state index in [-0.39, 0.29) is 5.91 Å². The minimum atomic E-state index is -0.216. The van der Waals surface area contributed by atoms with Crippen molar-refractivity contribution in [2.45, 2.75) is 13.8 Å². The van der Waals surface area contributed by atoms with E-state index in [4.69, 9.17) is 4.74 Å². The van der Waals surface area contributed by atoms with Crippen LogP contribution < -0.4 is 10.1 Å². The number of aryl methyl sites for hydroxylation is 1. The highest BCUT2D eigenvalue weighted by Crippen LogP contribution is 2.24. The molecule has 2 rings (SSSR count). The summed E-state index contributed by atoms with van der Waals surface area (Å²) in [5.74, 6) is 0.529. The Bertz CT molecular complexity index is 667. The second kappa shape index (κ2) is 7.38. The first-order valence-corrected chi connectivity index (χ1v) is 8.09. The Morgan fingerprint density at radius 2 is 2.33 bits per heavy atom. The quantitative estimate of drug-likeness (QED) is 0.804. The van der Waals surface area contributed by atoms with Crippen LogP contribution in [0.25, 0.3) is 6.08 Å². The summed E-state index contributed by atoms with van der Waals surface area (Å²) >= 11 is 4.82. The molecule has 1 aromatic carbocycles. The zero-order valence-electron chi connectivity index (χ0n) is 11.7. The SMILES string of the molecule is CCOc1ccc(Br)cc1/C=C/C(=O)Nc1nc(C)cs1. The number of nitrogens with zero attached hydrogens (tertiary/aromatic N) is 1. The number of amides is 1. The molecule has 0 saturated carbocycles. The van der Waals surface area contributed by atoms with Gasteiger partial charge in [-0.15, -0.1) is 11.3 Å². The van der Waals surface area contributed by atoms with E-state index in [1.807, 2.05) is 37.4 Å². The van der Waals surface area contributed by atoms with E-state index < -0.39 is 0 Å². The molecule has 0 bridgehead atoms. The molecule has 4 nitrogen and oxygen atoms in total. The van der Waals surface area contributed by atoms with Gasteiger partial charge in [0.05, 0.1) is 12.3 Å². The first-order valence-electron chi connectivity index (χ1n) is 6.42. The molecule has 0 saturated heterocycles. The van der Waals surface area contributed by atoms with E-state index >= 15 is 0 Å². The van der Waals surface area contributed by atoms with Crippen molar-refractivity contribution < 1.29 is 9.53 Å². The third-order valence-corrected chi connectivity index (χ3v) is 3.90. The summed E-state index contributed by atoms with van der Waals surface area (Å²) in [7, 11) is 0. The molecule has 0 fully saturated rings. The number of carbonyl (C=O) groups excluding carboxylic acids is 1. The fraction of sp³-hybridized carbons (Fsp3) is 0.200. The maximum absolute atomic E-state index is 11.9. The van der Waals surface area contributed by atoms with Gasteiger partial charge in [0.2, 0.25) is 5.91 Å². The van der Waals surface area contributed by atoms with Crippen LogP contribution in [0.3, 0.4) is 0 Å². The Hall–Kier alpha value is -1.66. The van der Waals surface area contributed by atoms with E-state index in [1.54, 1.807) is 6.08 Å². The smallest absolute Gasteiger partial charge is 0.250 e. The lowest BCUT2D eigenvalue weighted by Crippen LogP contribution is -2.07. The highest BCUT2D eigenvalue weighted by atomic mass is 79.9. The van der Waals surface area contributed by atoms with E-state index in [0.29, 0.717) is 11.7 Å². The molecule has 0 spiro atoms. The normalized spacial score (nSPS) is 10.8. The Kier molecular flexibility index (Phi) is 5.52. The number of halogens is 1. The van der Waals surface area contributed by atoms with Crippen LogP contribution in [0, 0.1) is 6.92 Å². The fourth-order valence-electron chi connectivity index (χ4n) is 1.66. The molecule has 1 heterocycles. The molecular weight excluding hydrogens is 352 g/mol. The van der Waals surface area contributed by atoms with Crippen LogP contribution in [-0.4, -0.2) is 17.5 Å². The van der Waals surface area contributed by atoms with Crippen molar-refractivity contribution in [1.82, 2.24) is 4.98 Å². The molecule has 0 unspecified atom stereocenters. The Balaban J connectivity index is 2.09. The number of hydrogen-bond donors (Lipinski definition) is 1. The molecule has 0 aliphatic rings. The summed E-state index contributed by atoms with van der Waals surface area (Å²) in [5.41, 5.74) is 1.74. The van der Waals surface area contributed by atoms with Crippen molar-refractivity contribution in [3.8, 4) is 5.75 Å². The molecule has 0 radical (unpaired) electrons. The number of ether oxygens (including phenoxy) is 1. The molecule has 1 amide bonds. The number of carbonyl (C=O) groups is 1. The average Bonchev–Trinajstić information content (AvgIpc) is 2.84. The molecule has 0 aliphatic heterocycles. The standard InChI is InChI=1S/C15H15BrN2O2S/c1-3-20-13-6-5-12(16)8-11(13)4-7-14(19)18-15-17-10(2)9-21-15/h4-9H,3H2,1-2H3,(H,17,18,19)/b7-4+. The molecule has 110 valence electrons. The number of thiazole rings is 1. The monoisotopic (exact) mass is 366 g/mol. The van der Waals surface area contributed by atoms with Crippen LogP contribution in [0.2, 0.25) is 0 Å². The number of benzene rings is 1. The van der Waals surface area contributed by atoms with Crippen LogP contribution in [0.4, 0.5) is 5.13 Å². The summed E-state index contributed by atoms with van der Waals surface area (Å²) in [6.45, 7) is 4.39. The van der Waals surface area contributed by atoms with Gasteiger partial charge in [-0.05, 0) is 38.1 Å². The van der Waals surface area contributed by atoms with Gasteiger partial charge in [0, 0.05) is 21.5 Å². The predicted octanol–water partition coefficient (Wildman–Crippen LogP) is 4.26. The van der Waals surface area contributed by atoms with E-state index in [0.717, 1.165) is 21.5 Å². The predicted molar refractivity (Wildman–Crippen MR) is 89.8 cm³/mol. The number of aromatic nitrogens is 1. The molecule has 2 aromatic rings. The Labute approximate surface area is 136 Å². The zero-order valence-corrected chi connectivity index (χ0v) is 14.1. The minimum Gasteiger partial charge on any atom is -0.493 e. The van der Waals surface area contributed by atoms with Crippen molar-refractivity contribution in [2.75, 3.05) is 11.9 Å². The lowest BCUT2D eigenvalue weighted by molar-refractivity contribution is -0.111. The Morgan fingerprint density at radius 1 is 1.52 bits per heavy atom. The molecule has 21 heavy (non-hydrogen) atoms. The number of hydrogen-bond acceptors (Lipinski definition) is 4. The summed E-state index contributed by atoms with van der Waals surface area (Å²) in [5, 5.41) is 5.22. The molecule has 1 N–H and O–H groups in total. The lowest BCUT2D eigenvalue weighted by Gasteiger charge is -2.07. The highest BCUT2D eigenvalue weighted by Gasteiger charge is 2.04. The van der Waals surface area contributed by atoms with Crippen molar-refractivity contribution in [2.24, 2.45) is 0 Å². The van der Waals surface area contributed by atoms with Crippen LogP contribution >= 0.6 is 27.3 Å². The molecule has 1 aromatic heterocycles. The number of anilines is 1. The van der Waals surface area contributed by atoms with Crippen LogP contribution in [-0.2, 0) is 4.79 Å². The molecule has 6 heteroatoms. The maximum atomic E-state index is 11.9. The number of rotatable bonds is 5. The summed E-state index contributed by atoms with van der Waals surface area (Å²) < 4.78 is 6.46. The summed E-state index contributed by atoms with van der Waals surface area (Å²) in [4.78, 5) is 16.1. The maximum Gasteiger partial charge on any atom is 0.250 e. The number of nitrogens with one attached hydrogen (secondary N) is 1. The van der Waals surface area contributed by atoms with Gasteiger partial charge in [-0.1, -0.05) is 15.9 Å². The van der Waals surface area contributed by atoms with Gasteiger partial charge < -0.3 is 4.74 Å². The summed E-state index contributed by atoms with van der Waals surface area (Å²) in [6.07, 6.45) is 3.20. The van der Waals surface area contributed by atoms with Crippen LogP contribution in [0.15, 0.2) is 34.1 Å². The van der Waals surface area contributed by atoms with Gasteiger partial charge >= 0.3 is 0 Å². The van der Waals surface area contributed by atoms with Crippen LogP contribution in [0.1, 0.15) is 18.2 Å². The minimum absolute atomic E-state index is 0.216. The highest BCUT2D eigenvalue weighted by molar-refractivity contribution is 9.10. The van der Waals surface area contributed by atoms with Gasteiger partial charge in [0.25, 0.3) is 0 Å². The summed E-state index contributed by atoms with van der Waals surface area (Å²) in [6, 6.07) is 5.68. The Morgan fingerprint density at radius 3 is 3.00 bits per heavy atom. The largest absolute Gasteiger partial charge is 0.493 e. The molecule has 0 atom stereocenters. The van der Waals surface area contributed by atoms with Gasteiger partial charge in [0.1, 0.15) is 5.75 Å². The van der Waals surface area contributed by atoms with Crippen LogP contribution in [0.5, 0.6) is 5.75 Å². The van der Waals surface area contributed by atoms with E-state index in [9.17, 15) is 4.79 Å². The van der Waals surface area contributed by atoms with E-state index in [2.05, 4.69) is 26.2 Å². The average molecular weight is 367 g/mol. The van der Waals surface area contributed by atoms with Crippen molar-refractivity contribution in [3.63, 3.8) is 0 Å². The topological polar surface area (TPSA) is 51.2 Å². The van der Waals surface area contributed by atoms with Crippen molar-refractivity contribution in [1.29, 1.82) is 0 Å². The van der Waals surface area contributed by atoms with Crippen molar-refractivity contribution in [3.05, 3.63) is 45.4 Å². The third kappa shape index (κ3) is 4.68. The molecule has 0 aliphatic carbocycles. The van der Waals surface area contributed by atoms with Gasteiger partial charge in [-0.25, -0.2) is 4.98 Å². The lowest BCUT2D eigenvalue weighted by atomic mass is 10.2. The zero-order chi connectivity index (χ0) is 15.2. The second-order valence-corrected chi connectivity index (χ2v) is 6.01. The van der Waals surface area contributed by atoms with Crippen molar-refractivity contribution >= 4 is 44.4 Å². The second-order valence-electron chi connectivity index (χ2n) is 4.23. The van der Waals surface area contributed by atoms with Gasteiger partial charge in [-0.3, -0.25) is 10.1 Å². The van der Waals surface area contributed by atoms with E-state index in [1.165, 1.54) is 17.4 Å². The first-order chi connectivity index (χ1) is 10.1. The first kappa shape index (κ1) is 15.7. The fourth-order valence-corrected chi connectivity index (χ4v) is 2.73. The molecular formula is C15H15BrN2O2S. The third-order valence-electron chi connectivity index (χ3n) is 2.54. The van der Waals surface area contributed by atoms with Gasteiger partial charge in [0.15, 0.2) is 5.13 Å². The van der Waals surface area contributed by atoms with Gasteiger partial charge in [-0.2, -0.15) is 0 Å².